The van der Waals surface area contributed by atoms with Crippen LogP contribution < -0.4 is 10.6 Å². The molecule has 0 bridgehead atoms. The largest absolute Gasteiger partial charge is 0.416 e. The molecule has 0 spiro atoms. The van der Waals surface area contributed by atoms with Crippen molar-refractivity contribution in [3.63, 3.8) is 0 Å². The number of nitrogens with zero attached hydrogens (tertiary/aromatic N) is 1. The maximum absolute atomic E-state index is 13.7. The molecule has 0 aromatic heterocycles. The number of hydrogen-bond acceptors (Lipinski definition) is 3. The number of alkyl halides is 3. The SMILES string of the molecule is COCC(N)CN(C)c1ccc(C(F)(F)F)cc1F. The van der Waals surface area contributed by atoms with E-state index in [1.165, 1.54) is 12.0 Å². The average molecular weight is 280 g/mol. The lowest BCUT2D eigenvalue weighted by Gasteiger charge is -2.24. The van der Waals surface area contributed by atoms with Crippen molar-refractivity contribution >= 4 is 5.69 Å². The van der Waals surface area contributed by atoms with Crippen molar-refractivity contribution < 1.29 is 22.3 Å². The van der Waals surface area contributed by atoms with Gasteiger partial charge in [0, 0.05) is 26.7 Å². The topological polar surface area (TPSA) is 38.5 Å². The van der Waals surface area contributed by atoms with E-state index in [0.717, 1.165) is 12.1 Å². The Labute approximate surface area is 108 Å². The maximum Gasteiger partial charge on any atom is 0.416 e. The van der Waals surface area contributed by atoms with Crippen LogP contribution in [-0.4, -0.2) is 33.4 Å². The van der Waals surface area contributed by atoms with E-state index in [1.54, 1.807) is 7.05 Å². The lowest BCUT2D eigenvalue weighted by atomic mass is 10.1. The predicted molar refractivity (Wildman–Crippen MR) is 64.5 cm³/mol. The number of methoxy groups -OCH3 is 1. The first-order valence-corrected chi connectivity index (χ1v) is 5.58. The van der Waals surface area contributed by atoms with Crippen molar-refractivity contribution in [1.29, 1.82) is 0 Å². The first-order chi connectivity index (χ1) is 8.75. The van der Waals surface area contributed by atoms with Crippen LogP contribution in [0.15, 0.2) is 18.2 Å². The smallest absolute Gasteiger partial charge is 0.383 e. The van der Waals surface area contributed by atoms with Crippen LogP contribution in [0.1, 0.15) is 5.56 Å². The fraction of sp³-hybridized carbons (Fsp3) is 0.500. The lowest BCUT2D eigenvalue weighted by Crippen LogP contribution is -2.38. The third kappa shape index (κ3) is 4.36. The third-order valence-electron chi connectivity index (χ3n) is 2.58. The van der Waals surface area contributed by atoms with Gasteiger partial charge >= 0.3 is 6.18 Å². The summed E-state index contributed by atoms with van der Waals surface area (Å²) in [5, 5.41) is 0. The summed E-state index contributed by atoms with van der Waals surface area (Å²) in [7, 11) is 3.04. The quantitative estimate of drug-likeness (QED) is 0.841. The molecule has 7 heteroatoms. The Hall–Kier alpha value is -1.34. The van der Waals surface area contributed by atoms with Crippen LogP contribution in [-0.2, 0) is 10.9 Å². The molecule has 1 aromatic rings. The zero-order valence-electron chi connectivity index (χ0n) is 10.7. The van der Waals surface area contributed by atoms with Gasteiger partial charge in [-0.2, -0.15) is 13.2 Å². The number of hydrogen-bond donors (Lipinski definition) is 1. The van der Waals surface area contributed by atoms with Crippen molar-refractivity contribution in [1.82, 2.24) is 0 Å². The number of likely N-dealkylation sites (N-methyl/N-ethyl adjacent to an activating group) is 1. The molecule has 1 aromatic carbocycles. The van der Waals surface area contributed by atoms with Gasteiger partial charge in [0.15, 0.2) is 0 Å². The van der Waals surface area contributed by atoms with Gasteiger partial charge in [-0.1, -0.05) is 0 Å². The molecule has 0 fully saturated rings. The second kappa shape index (κ2) is 6.21. The van der Waals surface area contributed by atoms with E-state index < -0.39 is 17.6 Å². The Balaban J connectivity index is 2.84. The van der Waals surface area contributed by atoms with Gasteiger partial charge in [-0.15, -0.1) is 0 Å². The molecule has 0 amide bonds. The van der Waals surface area contributed by atoms with Gasteiger partial charge in [0.2, 0.25) is 0 Å². The zero-order chi connectivity index (χ0) is 14.6. The summed E-state index contributed by atoms with van der Waals surface area (Å²) >= 11 is 0. The van der Waals surface area contributed by atoms with Crippen LogP contribution in [0.2, 0.25) is 0 Å². The number of halogens is 4. The minimum Gasteiger partial charge on any atom is -0.383 e. The van der Waals surface area contributed by atoms with Gasteiger partial charge in [-0.3, -0.25) is 0 Å². The second-order valence-corrected chi connectivity index (χ2v) is 4.26. The van der Waals surface area contributed by atoms with Crippen molar-refractivity contribution in [3.8, 4) is 0 Å². The van der Waals surface area contributed by atoms with Gasteiger partial charge < -0.3 is 15.4 Å². The Morgan fingerprint density at radius 2 is 2.00 bits per heavy atom. The van der Waals surface area contributed by atoms with Gasteiger partial charge in [-0.05, 0) is 18.2 Å². The summed E-state index contributed by atoms with van der Waals surface area (Å²) in [5.74, 6) is -0.929. The van der Waals surface area contributed by atoms with E-state index in [1.807, 2.05) is 0 Å². The molecule has 0 aliphatic carbocycles. The van der Waals surface area contributed by atoms with Gasteiger partial charge in [-0.25, -0.2) is 4.39 Å². The molecule has 0 saturated carbocycles. The Morgan fingerprint density at radius 3 is 2.47 bits per heavy atom. The molecule has 0 radical (unpaired) electrons. The first kappa shape index (κ1) is 15.7. The van der Waals surface area contributed by atoms with Crippen LogP contribution in [0.3, 0.4) is 0 Å². The van der Waals surface area contributed by atoms with Crippen molar-refractivity contribution in [2.24, 2.45) is 5.73 Å². The van der Waals surface area contributed by atoms with E-state index in [2.05, 4.69) is 0 Å². The molecule has 108 valence electrons. The fourth-order valence-electron chi connectivity index (χ4n) is 1.71. The van der Waals surface area contributed by atoms with E-state index in [4.69, 9.17) is 10.5 Å². The van der Waals surface area contributed by atoms with Crippen molar-refractivity contribution in [2.45, 2.75) is 12.2 Å². The Morgan fingerprint density at radius 1 is 1.37 bits per heavy atom. The molecule has 19 heavy (non-hydrogen) atoms. The highest BCUT2D eigenvalue weighted by Crippen LogP contribution is 2.31. The molecule has 0 saturated heterocycles. The zero-order valence-corrected chi connectivity index (χ0v) is 10.7. The number of nitrogens with two attached hydrogens (primary N) is 1. The normalized spacial score (nSPS) is 13.4. The highest BCUT2D eigenvalue weighted by molar-refractivity contribution is 5.49. The van der Waals surface area contributed by atoms with Crippen LogP contribution in [0.5, 0.6) is 0 Å². The molecule has 2 N–H and O–H groups in total. The molecule has 3 nitrogen and oxygen atoms in total. The lowest BCUT2D eigenvalue weighted by molar-refractivity contribution is -0.137. The molecule has 0 aliphatic heterocycles. The molecule has 0 heterocycles. The standard InChI is InChI=1S/C12H16F4N2O/c1-18(6-9(17)7-19-2)11-4-3-8(5-10(11)13)12(14,15)16/h3-5,9H,6-7,17H2,1-2H3. The summed E-state index contributed by atoms with van der Waals surface area (Å²) in [4.78, 5) is 1.46. The average Bonchev–Trinajstić information content (AvgIpc) is 2.27. The number of ether oxygens (including phenoxy) is 1. The summed E-state index contributed by atoms with van der Waals surface area (Å²) in [6.45, 7) is 0.558. The number of anilines is 1. The Bertz CT molecular complexity index is 423. The predicted octanol–water partition coefficient (Wildman–Crippen LogP) is 2.25. The van der Waals surface area contributed by atoms with E-state index in [9.17, 15) is 17.6 Å². The monoisotopic (exact) mass is 280 g/mol. The fourth-order valence-corrected chi connectivity index (χ4v) is 1.71. The highest BCUT2D eigenvalue weighted by Gasteiger charge is 2.31. The van der Waals surface area contributed by atoms with Crippen LogP contribution in [0.25, 0.3) is 0 Å². The maximum atomic E-state index is 13.7. The summed E-state index contributed by atoms with van der Waals surface area (Å²) in [5.41, 5.74) is 4.76. The minimum atomic E-state index is -4.55. The van der Waals surface area contributed by atoms with Crippen LogP contribution in [0.4, 0.5) is 23.2 Å². The van der Waals surface area contributed by atoms with Crippen LogP contribution >= 0.6 is 0 Å². The Kier molecular flexibility index (Phi) is 5.13. The molecule has 1 rings (SSSR count). The molecule has 1 atom stereocenters. The molecular formula is C12H16F4N2O. The highest BCUT2D eigenvalue weighted by atomic mass is 19.4. The van der Waals surface area contributed by atoms with E-state index in [-0.39, 0.29) is 24.9 Å². The summed E-state index contributed by atoms with van der Waals surface area (Å²) < 4.78 is 55.7. The van der Waals surface area contributed by atoms with Gasteiger partial charge in [0.25, 0.3) is 0 Å². The van der Waals surface area contributed by atoms with Crippen molar-refractivity contribution in [3.05, 3.63) is 29.6 Å². The van der Waals surface area contributed by atoms with Gasteiger partial charge in [0.1, 0.15) is 5.82 Å². The molecular weight excluding hydrogens is 264 g/mol. The summed E-state index contributed by atoms with van der Waals surface area (Å²) in [6.07, 6.45) is -4.55. The van der Waals surface area contributed by atoms with E-state index >= 15 is 0 Å². The van der Waals surface area contributed by atoms with Gasteiger partial charge in [0.05, 0.1) is 17.9 Å². The molecule has 1 unspecified atom stereocenters. The van der Waals surface area contributed by atoms with Crippen LogP contribution in [0, 0.1) is 5.82 Å². The number of benzene rings is 1. The third-order valence-corrected chi connectivity index (χ3v) is 2.58. The minimum absolute atomic E-state index is 0.0690. The number of rotatable bonds is 5. The van der Waals surface area contributed by atoms with E-state index in [0.29, 0.717) is 6.07 Å². The summed E-state index contributed by atoms with van der Waals surface area (Å²) in [6, 6.07) is 2.07. The molecule has 0 aliphatic rings. The van der Waals surface area contributed by atoms with Crippen molar-refractivity contribution in [2.75, 3.05) is 32.2 Å². The second-order valence-electron chi connectivity index (χ2n) is 4.26. The first-order valence-electron chi connectivity index (χ1n) is 5.58.